The number of nitrogen functional groups attached to an aromatic ring is 1. The van der Waals surface area contributed by atoms with Gasteiger partial charge in [0, 0.05) is 21.2 Å². The summed E-state index contributed by atoms with van der Waals surface area (Å²) in [6.45, 7) is 0.401. The maximum Gasteiger partial charge on any atom is 0.166 e. The molecule has 2 aromatic carbocycles. The average molecular weight is 400 g/mol. The Labute approximate surface area is 165 Å². The van der Waals surface area contributed by atoms with Gasteiger partial charge in [0.1, 0.15) is 5.75 Å². The van der Waals surface area contributed by atoms with Crippen molar-refractivity contribution in [3.05, 3.63) is 64.4 Å². The lowest BCUT2D eigenvalue weighted by Crippen LogP contribution is -2.09. The highest BCUT2D eigenvalue weighted by atomic mass is 35.5. The Morgan fingerprint density at radius 1 is 1.07 bits per heavy atom. The molecule has 136 valence electrons. The first kappa shape index (κ1) is 17.6. The number of rotatable bonds is 4. The minimum absolute atomic E-state index is 0.313. The second-order valence-corrected chi connectivity index (χ2v) is 6.72. The normalized spacial score (nSPS) is 11.1. The number of benzene rings is 2. The van der Waals surface area contributed by atoms with Crippen LogP contribution >= 0.6 is 23.2 Å². The van der Waals surface area contributed by atoms with Gasteiger partial charge in [0.05, 0.1) is 20.0 Å². The molecule has 8 heteroatoms. The molecule has 27 heavy (non-hydrogen) atoms. The fourth-order valence-electron chi connectivity index (χ4n) is 2.81. The Bertz CT molecular complexity index is 1080. The van der Waals surface area contributed by atoms with Gasteiger partial charge in [-0.15, -0.1) is 0 Å². The van der Waals surface area contributed by atoms with Gasteiger partial charge in [0.25, 0.3) is 0 Å². The highest BCUT2D eigenvalue weighted by Gasteiger charge is 2.21. The largest absolute Gasteiger partial charge is 0.497 e. The van der Waals surface area contributed by atoms with Crippen molar-refractivity contribution in [2.75, 3.05) is 12.8 Å². The third kappa shape index (κ3) is 3.29. The van der Waals surface area contributed by atoms with Crippen molar-refractivity contribution in [3.63, 3.8) is 0 Å². The molecule has 0 bridgehead atoms. The molecule has 0 atom stereocenters. The Kier molecular flexibility index (Phi) is 4.59. The Balaban J connectivity index is 1.82. The van der Waals surface area contributed by atoms with E-state index >= 15 is 0 Å². The number of fused-ring (bicyclic) bond motifs is 1. The van der Waals surface area contributed by atoms with E-state index in [9.17, 15) is 0 Å². The predicted molar refractivity (Wildman–Crippen MR) is 106 cm³/mol. The number of ether oxygens (including phenoxy) is 1. The summed E-state index contributed by atoms with van der Waals surface area (Å²) in [4.78, 5) is 13.5. The number of imidazole rings is 1. The van der Waals surface area contributed by atoms with Crippen molar-refractivity contribution in [2.24, 2.45) is 0 Å². The van der Waals surface area contributed by atoms with Crippen LogP contribution in [0.2, 0.25) is 10.0 Å². The first-order chi connectivity index (χ1) is 13.1. The summed E-state index contributed by atoms with van der Waals surface area (Å²) in [5.74, 6) is 2.19. The zero-order valence-electron chi connectivity index (χ0n) is 14.4. The minimum Gasteiger partial charge on any atom is -0.497 e. The monoisotopic (exact) mass is 399 g/mol. The summed E-state index contributed by atoms with van der Waals surface area (Å²) in [5, 5.41) is 1.15. The lowest BCUT2D eigenvalue weighted by Gasteiger charge is -2.13. The van der Waals surface area contributed by atoms with Gasteiger partial charge in [-0.1, -0.05) is 41.4 Å². The van der Waals surface area contributed by atoms with Gasteiger partial charge in [-0.25, -0.2) is 15.0 Å². The van der Waals surface area contributed by atoms with Crippen LogP contribution in [0.25, 0.3) is 22.9 Å². The van der Waals surface area contributed by atoms with Crippen LogP contribution in [0.4, 0.5) is 5.82 Å². The zero-order chi connectivity index (χ0) is 19.0. The SMILES string of the molecule is COc1cccc(-c2nc3c(N)ncn(Cc4c(Cl)cccc4Cl)c-3n2)c1. The van der Waals surface area contributed by atoms with Crippen LogP contribution < -0.4 is 10.5 Å². The Morgan fingerprint density at radius 3 is 2.56 bits per heavy atom. The molecule has 0 radical (unpaired) electrons. The van der Waals surface area contributed by atoms with Crippen LogP contribution in [0, 0.1) is 0 Å². The molecule has 0 amide bonds. The maximum absolute atomic E-state index is 6.30. The van der Waals surface area contributed by atoms with Crippen molar-refractivity contribution in [1.29, 1.82) is 0 Å². The quantitative estimate of drug-likeness (QED) is 0.550. The third-order valence-electron chi connectivity index (χ3n) is 4.21. The van der Waals surface area contributed by atoms with Gasteiger partial charge in [0.15, 0.2) is 23.2 Å². The van der Waals surface area contributed by atoms with E-state index in [2.05, 4.69) is 15.0 Å². The molecule has 0 spiro atoms. The molecule has 2 aromatic rings. The van der Waals surface area contributed by atoms with Crippen LogP contribution in [0.3, 0.4) is 0 Å². The summed E-state index contributed by atoms with van der Waals surface area (Å²) in [7, 11) is 1.62. The molecule has 0 fully saturated rings. The molecular formula is C19H15Cl2N5O. The molecule has 4 rings (SSSR count). The van der Waals surface area contributed by atoms with E-state index in [1.165, 1.54) is 0 Å². The number of methoxy groups -OCH3 is 1. The van der Waals surface area contributed by atoms with Gasteiger partial charge >= 0.3 is 0 Å². The molecule has 2 heterocycles. The van der Waals surface area contributed by atoms with E-state index in [1.807, 2.05) is 28.8 Å². The number of nitrogens with two attached hydrogens (primary N) is 1. The molecule has 0 aromatic heterocycles. The molecule has 2 N–H and O–H groups in total. The summed E-state index contributed by atoms with van der Waals surface area (Å²) in [6.07, 6.45) is 1.61. The summed E-state index contributed by atoms with van der Waals surface area (Å²) in [5.41, 5.74) is 8.16. The number of hydrogen-bond acceptors (Lipinski definition) is 5. The van der Waals surface area contributed by atoms with Crippen molar-refractivity contribution in [2.45, 2.75) is 6.54 Å². The number of aromatic nitrogens is 4. The second kappa shape index (κ2) is 7.06. The van der Waals surface area contributed by atoms with Crippen molar-refractivity contribution < 1.29 is 4.74 Å². The van der Waals surface area contributed by atoms with Gasteiger partial charge in [-0.2, -0.15) is 0 Å². The standard InChI is InChI=1S/C19H15Cl2N5O/c1-27-12-5-2-4-11(8-12)18-24-16-17(22)23-10-26(19(16)25-18)9-13-14(20)6-3-7-15(13)21/h2-8,10H,9,22H2,1H3. The molecular weight excluding hydrogens is 385 g/mol. The summed E-state index contributed by atoms with van der Waals surface area (Å²) in [6, 6.07) is 12.9. The molecule has 2 aliphatic heterocycles. The summed E-state index contributed by atoms with van der Waals surface area (Å²) >= 11 is 12.6. The van der Waals surface area contributed by atoms with Crippen LogP contribution in [0.1, 0.15) is 5.56 Å². The average Bonchev–Trinajstić information content (AvgIpc) is 3.13. The molecule has 6 nitrogen and oxygen atoms in total. The minimum atomic E-state index is 0.313. The highest BCUT2D eigenvalue weighted by molar-refractivity contribution is 6.36. The van der Waals surface area contributed by atoms with Gasteiger partial charge in [0.2, 0.25) is 0 Å². The summed E-state index contributed by atoms with van der Waals surface area (Å²) < 4.78 is 7.10. The maximum atomic E-state index is 6.30. The smallest absolute Gasteiger partial charge is 0.166 e. The van der Waals surface area contributed by atoms with Crippen LogP contribution in [-0.2, 0) is 6.54 Å². The molecule has 0 unspecified atom stereocenters. The Hall–Kier alpha value is -2.83. The van der Waals surface area contributed by atoms with E-state index in [4.69, 9.17) is 33.7 Å². The molecule has 0 saturated carbocycles. The first-order valence-corrected chi connectivity index (χ1v) is 8.88. The lowest BCUT2D eigenvalue weighted by molar-refractivity contribution is 0.415. The highest BCUT2D eigenvalue weighted by Crippen LogP contribution is 2.31. The van der Waals surface area contributed by atoms with Gasteiger partial charge < -0.3 is 15.0 Å². The van der Waals surface area contributed by atoms with E-state index in [1.54, 1.807) is 31.6 Å². The number of hydrogen-bond donors (Lipinski definition) is 1. The van der Waals surface area contributed by atoms with Crippen molar-refractivity contribution in [3.8, 4) is 28.7 Å². The van der Waals surface area contributed by atoms with E-state index in [0.717, 1.165) is 16.9 Å². The fraction of sp³-hybridized carbons (Fsp3) is 0.105. The zero-order valence-corrected chi connectivity index (χ0v) is 15.9. The number of nitrogens with zero attached hydrogens (tertiary/aromatic N) is 4. The van der Waals surface area contributed by atoms with Crippen LogP contribution in [-0.4, -0.2) is 26.6 Å². The van der Waals surface area contributed by atoms with E-state index < -0.39 is 0 Å². The van der Waals surface area contributed by atoms with Crippen molar-refractivity contribution >= 4 is 29.0 Å². The predicted octanol–water partition coefficient (Wildman–Crippen LogP) is 4.39. The van der Waals surface area contributed by atoms with Gasteiger partial charge in [-0.3, -0.25) is 0 Å². The third-order valence-corrected chi connectivity index (χ3v) is 4.92. The molecule has 0 aliphatic carbocycles. The number of anilines is 1. The van der Waals surface area contributed by atoms with E-state index in [0.29, 0.717) is 39.8 Å². The lowest BCUT2D eigenvalue weighted by atomic mass is 10.2. The number of halogens is 2. The van der Waals surface area contributed by atoms with Crippen LogP contribution in [0.5, 0.6) is 5.75 Å². The first-order valence-electron chi connectivity index (χ1n) is 8.12. The Morgan fingerprint density at radius 2 is 1.81 bits per heavy atom. The van der Waals surface area contributed by atoms with E-state index in [-0.39, 0.29) is 0 Å². The van der Waals surface area contributed by atoms with Gasteiger partial charge in [-0.05, 0) is 24.3 Å². The second-order valence-electron chi connectivity index (χ2n) is 5.91. The molecule has 0 saturated heterocycles. The topological polar surface area (TPSA) is 78.9 Å². The molecule has 2 aliphatic rings. The van der Waals surface area contributed by atoms with Crippen LogP contribution in [0.15, 0.2) is 48.8 Å². The van der Waals surface area contributed by atoms with Crippen molar-refractivity contribution in [1.82, 2.24) is 19.5 Å². The fourth-order valence-corrected chi connectivity index (χ4v) is 3.33.